The molecule has 63 heavy (non-hydrogen) atoms. The molecular formula is C42H44F4N6O9S2. The van der Waals surface area contributed by atoms with E-state index in [1.807, 2.05) is 5.32 Å². The lowest BCUT2D eigenvalue weighted by Crippen LogP contribution is -2.50. The van der Waals surface area contributed by atoms with E-state index in [1.54, 1.807) is 36.4 Å². The first-order valence-corrected chi connectivity index (χ1v) is 23.1. The second-order valence-corrected chi connectivity index (χ2v) is 19.0. The topological polar surface area (TPSA) is 205 Å². The molecule has 2 fully saturated rings. The Morgan fingerprint density at radius 1 is 0.587 bits per heavy atom. The highest BCUT2D eigenvalue weighted by Crippen LogP contribution is 2.25. The Morgan fingerprint density at radius 3 is 1.30 bits per heavy atom. The lowest BCUT2D eigenvalue weighted by atomic mass is 10.1. The van der Waals surface area contributed by atoms with Crippen molar-refractivity contribution in [3.63, 3.8) is 0 Å². The summed E-state index contributed by atoms with van der Waals surface area (Å²) >= 11 is 0. The van der Waals surface area contributed by atoms with Crippen LogP contribution in [0.2, 0.25) is 0 Å². The molecule has 2 heterocycles. The van der Waals surface area contributed by atoms with Crippen molar-refractivity contribution < 1.29 is 58.4 Å². The third kappa shape index (κ3) is 13.2. The van der Waals surface area contributed by atoms with Crippen LogP contribution < -0.4 is 20.9 Å². The van der Waals surface area contributed by atoms with Crippen LogP contribution in [-0.4, -0.2) is 125 Å². The molecule has 5 amide bonds. The Morgan fingerprint density at radius 2 is 0.952 bits per heavy atom. The third-order valence-corrected chi connectivity index (χ3v) is 13.2. The average Bonchev–Trinajstić information content (AvgIpc) is 3.27. The van der Waals surface area contributed by atoms with E-state index in [0.717, 1.165) is 0 Å². The normalized spacial score (nSPS) is 15.4. The predicted octanol–water partition coefficient (Wildman–Crippen LogP) is 4.07. The lowest BCUT2D eigenvalue weighted by molar-refractivity contribution is -0.131. The van der Waals surface area contributed by atoms with Crippen LogP contribution in [0.25, 0.3) is 0 Å². The van der Waals surface area contributed by atoms with Crippen molar-refractivity contribution in [3.05, 3.63) is 131 Å². The number of para-hydroxylation sites is 2. The Kier molecular flexibility index (Phi) is 16.1. The maximum Gasteiger partial charge on any atom is 0.324 e. The van der Waals surface area contributed by atoms with Crippen LogP contribution in [0.1, 0.15) is 31.8 Å². The molecule has 21 heteroatoms. The van der Waals surface area contributed by atoms with E-state index in [1.165, 1.54) is 80.3 Å². The molecule has 4 aromatic carbocycles. The monoisotopic (exact) mass is 916 g/mol. The van der Waals surface area contributed by atoms with Gasteiger partial charge < -0.3 is 20.9 Å². The summed E-state index contributed by atoms with van der Waals surface area (Å²) in [6, 6.07) is 23.0. The van der Waals surface area contributed by atoms with E-state index in [9.17, 15) is 58.4 Å². The highest BCUT2D eigenvalue weighted by molar-refractivity contribution is 7.91. The number of benzene rings is 4. The standard InChI is InChI=1S/C22H22F3N3O5S.C20H22FN3O4S/c23-17-3-1-2-4-18(17)28(22(31)27-9-11-34(32,33)12-10-27)14-15-5-7-16(8-6-15)19(29)13-26-21(30)20(24)25;21-17-3-1-2-4-18(17)24(20(26)23-9-11-29(27,28)12-10-23)14-15-5-7-16(8-6-15)19(25)13-22/h1-8,20H,9-14H2,(H,26,30);1-8H,9-14,22H2. The minimum absolute atomic E-state index is 0.01000. The summed E-state index contributed by atoms with van der Waals surface area (Å²) in [6.07, 6.45) is -3.22. The SMILES string of the molecule is NCC(=O)c1ccc(CN(C(=O)N2CCS(=O)(=O)CC2)c2ccccc2F)cc1.O=C(CNC(=O)C(F)F)c1ccc(CN(C(=O)N2CCS(=O)(=O)CC2)c2ccccc2F)cc1. The number of anilines is 2. The summed E-state index contributed by atoms with van der Waals surface area (Å²) in [4.78, 5) is 66.2. The number of nitrogens with two attached hydrogens (primary N) is 1. The zero-order valence-electron chi connectivity index (χ0n) is 33.7. The summed E-state index contributed by atoms with van der Waals surface area (Å²) in [6.45, 7) is -0.586. The van der Waals surface area contributed by atoms with Gasteiger partial charge in [-0.25, -0.2) is 35.2 Å². The van der Waals surface area contributed by atoms with Crippen LogP contribution in [0.4, 0.5) is 38.5 Å². The molecule has 0 radical (unpaired) electrons. The molecule has 0 spiro atoms. The van der Waals surface area contributed by atoms with Crippen molar-refractivity contribution in [1.82, 2.24) is 15.1 Å². The molecular weight excluding hydrogens is 873 g/mol. The number of hydrogen-bond donors (Lipinski definition) is 2. The number of carbonyl (C=O) groups excluding carboxylic acids is 5. The van der Waals surface area contributed by atoms with Crippen LogP contribution in [0.15, 0.2) is 97.1 Å². The van der Waals surface area contributed by atoms with Gasteiger partial charge in [-0.1, -0.05) is 72.8 Å². The number of Topliss-reactive ketones (excluding diaryl/α,β-unsaturated/α-hetero) is 2. The molecule has 2 aliphatic heterocycles. The molecule has 0 aromatic heterocycles. The minimum atomic E-state index is -3.22. The largest absolute Gasteiger partial charge is 0.344 e. The second kappa shape index (κ2) is 21.3. The van der Waals surface area contributed by atoms with Gasteiger partial charge in [-0.15, -0.1) is 0 Å². The fourth-order valence-corrected chi connectivity index (χ4v) is 8.83. The predicted molar refractivity (Wildman–Crippen MR) is 226 cm³/mol. The number of rotatable bonds is 12. The van der Waals surface area contributed by atoms with E-state index in [4.69, 9.17) is 5.73 Å². The Bertz CT molecular complexity index is 2500. The molecule has 6 rings (SSSR count). The summed E-state index contributed by atoms with van der Waals surface area (Å²) in [7, 11) is -6.37. The van der Waals surface area contributed by atoms with E-state index >= 15 is 0 Å². The highest BCUT2D eigenvalue weighted by atomic mass is 32.2. The number of amides is 5. The van der Waals surface area contributed by atoms with Gasteiger partial charge in [-0.2, -0.15) is 8.78 Å². The zero-order chi connectivity index (χ0) is 45.9. The van der Waals surface area contributed by atoms with Crippen molar-refractivity contribution in [1.29, 1.82) is 0 Å². The van der Waals surface area contributed by atoms with Gasteiger partial charge in [0.1, 0.15) is 11.6 Å². The molecule has 3 N–H and O–H groups in total. The Balaban J connectivity index is 0.000000240. The molecule has 15 nitrogen and oxygen atoms in total. The summed E-state index contributed by atoms with van der Waals surface area (Å²) in [5.41, 5.74) is 7.33. The number of ketones is 2. The smallest absolute Gasteiger partial charge is 0.324 e. The van der Waals surface area contributed by atoms with E-state index in [0.29, 0.717) is 16.7 Å². The number of nitrogens with zero attached hydrogens (tertiary/aromatic N) is 4. The quantitative estimate of drug-likeness (QED) is 0.154. The maximum atomic E-state index is 14.5. The van der Waals surface area contributed by atoms with Crippen LogP contribution in [0.5, 0.6) is 0 Å². The summed E-state index contributed by atoms with van der Waals surface area (Å²) in [5.74, 6) is -4.10. The second-order valence-electron chi connectivity index (χ2n) is 14.4. The van der Waals surface area contributed by atoms with Crippen LogP contribution >= 0.6 is 0 Å². The zero-order valence-corrected chi connectivity index (χ0v) is 35.3. The van der Waals surface area contributed by atoms with Gasteiger partial charge in [0, 0.05) is 37.3 Å². The van der Waals surface area contributed by atoms with Crippen molar-refractivity contribution >= 4 is 60.6 Å². The first-order valence-electron chi connectivity index (χ1n) is 19.4. The number of nitrogens with one attached hydrogen (secondary N) is 1. The first kappa shape index (κ1) is 47.9. The maximum absolute atomic E-state index is 14.5. The van der Waals surface area contributed by atoms with Gasteiger partial charge in [0.05, 0.1) is 60.6 Å². The number of hydrogen-bond acceptors (Lipinski definition) is 10. The van der Waals surface area contributed by atoms with Gasteiger partial charge in [0.25, 0.3) is 5.91 Å². The van der Waals surface area contributed by atoms with Gasteiger partial charge in [0.2, 0.25) is 0 Å². The van der Waals surface area contributed by atoms with E-state index in [-0.39, 0.29) is 91.5 Å². The van der Waals surface area contributed by atoms with E-state index in [2.05, 4.69) is 0 Å². The van der Waals surface area contributed by atoms with Crippen molar-refractivity contribution in [2.75, 3.05) is 72.1 Å². The highest BCUT2D eigenvalue weighted by Gasteiger charge is 2.32. The van der Waals surface area contributed by atoms with E-state index < -0.39 is 68.0 Å². The number of halogens is 4. The number of carbonyl (C=O) groups is 5. The first-order chi connectivity index (χ1) is 29.9. The van der Waals surface area contributed by atoms with Crippen LogP contribution in [0, 0.1) is 11.6 Å². The van der Waals surface area contributed by atoms with Crippen molar-refractivity contribution in [2.24, 2.45) is 5.73 Å². The summed E-state index contributed by atoms with van der Waals surface area (Å²) < 4.78 is 100. The minimum Gasteiger partial charge on any atom is -0.344 e. The molecule has 0 saturated carbocycles. The average molecular weight is 917 g/mol. The van der Waals surface area contributed by atoms with Crippen molar-refractivity contribution in [2.45, 2.75) is 19.5 Å². The van der Waals surface area contributed by atoms with Crippen LogP contribution in [0.3, 0.4) is 0 Å². The molecule has 2 aliphatic rings. The van der Waals surface area contributed by atoms with Gasteiger partial charge in [-0.3, -0.25) is 24.2 Å². The van der Waals surface area contributed by atoms with Gasteiger partial charge >= 0.3 is 18.5 Å². The van der Waals surface area contributed by atoms with Gasteiger partial charge in [-0.05, 0) is 35.4 Å². The van der Waals surface area contributed by atoms with Gasteiger partial charge in [0.15, 0.2) is 31.2 Å². The number of urea groups is 2. The Labute approximate surface area is 361 Å². The molecule has 0 atom stereocenters. The fourth-order valence-electron chi connectivity index (χ4n) is 6.42. The molecule has 0 bridgehead atoms. The molecule has 4 aromatic rings. The molecule has 0 aliphatic carbocycles. The number of sulfone groups is 2. The number of alkyl halides is 2. The van der Waals surface area contributed by atoms with Crippen molar-refractivity contribution in [3.8, 4) is 0 Å². The van der Waals surface area contributed by atoms with Crippen LogP contribution in [-0.2, 0) is 37.6 Å². The lowest BCUT2D eigenvalue weighted by Gasteiger charge is -2.33. The molecule has 2 saturated heterocycles. The molecule has 336 valence electrons. The molecule has 0 unspecified atom stereocenters. The Hall–Kier alpha value is -6.19. The fraction of sp³-hybridized carbons (Fsp3) is 0.310. The summed E-state index contributed by atoms with van der Waals surface area (Å²) in [5, 5.41) is 1.83. The third-order valence-electron chi connectivity index (χ3n) is 10.0.